The van der Waals surface area contributed by atoms with Gasteiger partial charge in [-0.2, -0.15) is 0 Å². The molecule has 10 aromatic rings. The minimum Gasteiger partial charge on any atom is -0.238 e. The van der Waals surface area contributed by atoms with E-state index in [0.717, 1.165) is 55.6 Å². The molecule has 9 aromatic carbocycles. The summed E-state index contributed by atoms with van der Waals surface area (Å²) in [6, 6.07) is 68.1. The van der Waals surface area contributed by atoms with Crippen LogP contribution in [0.15, 0.2) is 200 Å². The summed E-state index contributed by atoms with van der Waals surface area (Å²) >= 11 is 0. The summed E-state index contributed by atoms with van der Waals surface area (Å²) in [5.74, 6) is 1.62. The molecule has 0 saturated carbocycles. The first-order valence-electron chi connectivity index (χ1n) is 20.4. The Bertz CT molecular complexity index is 3480. The van der Waals surface area contributed by atoms with Gasteiger partial charge in [-0.1, -0.05) is 188 Å². The fourth-order valence-corrected chi connectivity index (χ4v) is 8.86. The van der Waals surface area contributed by atoms with Crippen LogP contribution in [-0.4, -0.2) is 15.0 Å². The fourth-order valence-electron chi connectivity index (χ4n) is 8.86. The molecule has 0 atom stereocenters. The van der Waals surface area contributed by atoms with Crippen LogP contribution in [0.5, 0.6) is 0 Å². The second-order valence-electron chi connectivity index (χ2n) is 15.3. The van der Waals surface area contributed by atoms with Gasteiger partial charge in [-0.15, -0.1) is 0 Å². The van der Waals surface area contributed by atoms with Gasteiger partial charge in [0.25, 0.3) is 0 Å². The lowest BCUT2D eigenvalue weighted by molar-refractivity contribution is 1.07. The third kappa shape index (κ3) is 6.21. The topological polar surface area (TPSA) is 47.4 Å². The normalized spacial score (nSPS) is 11.2. The highest BCUT2D eigenvalue weighted by atomic mass is 15.0. The summed E-state index contributed by atoms with van der Waals surface area (Å²) in [5.41, 5.74) is 16.6. The maximum Gasteiger partial charge on any atom is 0.195 e. The molecule has 0 amide bonds. The summed E-state index contributed by atoms with van der Waals surface area (Å²) in [5, 5.41) is 2.53. The van der Waals surface area contributed by atoms with Crippen LogP contribution in [0.2, 0.25) is 0 Å². The molecular formula is C57H33N5. The number of fused-ring (bicyclic) bond motifs is 3. The van der Waals surface area contributed by atoms with Crippen molar-refractivity contribution in [2.45, 2.75) is 0 Å². The molecule has 5 heteroatoms. The molecule has 1 aliphatic carbocycles. The minimum atomic E-state index is 0.525. The summed E-state index contributed by atoms with van der Waals surface area (Å²) < 4.78 is 0. The highest BCUT2D eigenvalue weighted by Gasteiger charge is 2.25. The zero-order valence-electron chi connectivity index (χ0n) is 33.3. The molecule has 0 saturated heterocycles. The molecule has 5 nitrogen and oxygen atoms in total. The standard InChI is InChI=1S/C57H33N5/c1-58-42-30-26-36(27-31-42)43-19-6-10-23-50(43)56-60-55(38-14-4-3-5-15-38)61-57(62-56)51-24-11-7-20-44(51)41-29-32-45(52(35-41)59-2)39-17-12-18-40(34-39)46-33-28-37-16-13-25-48-47-21-8-9-22-49(47)54(46)53(37)48/h3-35H. The van der Waals surface area contributed by atoms with E-state index in [9.17, 15) is 0 Å². The van der Waals surface area contributed by atoms with Gasteiger partial charge < -0.3 is 0 Å². The third-order valence-electron chi connectivity index (χ3n) is 11.8. The summed E-state index contributed by atoms with van der Waals surface area (Å²) in [6.45, 7) is 15.8. The zero-order chi connectivity index (χ0) is 41.6. The molecule has 0 unspecified atom stereocenters. The fraction of sp³-hybridized carbons (Fsp3) is 0. The van der Waals surface area contributed by atoms with E-state index in [0.29, 0.717) is 28.8 Å². The van der Waals surface area contributed by atoms with Crippen molar-refractivity contribution in [1.29, 1.82) is 0 Å². The third-order valence-corrected chi connectivity index (χ3v) is 11.8. The predicted molar refractivity (Wildman–Crippen MR) is 252 cm³/mol. The lowest BCUT2D eigenvalue weighted by atomic mass is 9.90. The number of aromatic nitrogens is 3. The number of hydrogen-bond acceptors (Lipinski definition) is 3. The first-order valence-corrected chi connectivity index (χ1v) is 20.4. The predicted octanol–water partition coefficient (Wildman–Crippen LogP) is 15.4. The maximum absolute atomic E-state index is 8.41. The van der Waals surface area contributed by atoms with Crippen LogP contribution in [0, 0.1) is 13.1 Å². The Morgan fingerprint density at radius 2 is 0.823 bits per heavy atom. The molecule has 1 aromatic heterocycles. The first kappa shape index (κ1) is 36.3. The molecule has 1 aliphatic rings. The molecule has 0 radical (unpaired) electrons. The number of hydrogen-bond donors (Lipinski definition) is 0. The monoisotopic (exact) mass is 787 g/mol. The van der Waals surface area contributed by atoms with Gasteiger partial charge in [0.2, 0.25) is 0 Å². The van der Waals surface area contributed by atoms with E-state index in [4.69, 9.17) is 28.1 Å². The van der Waals surface area contributed by atoms with E-state index in [1.54, 1.807) is 0 Å². The van der Waals surface area contributed by atoms with Gasteiger partial charge in [0.05, 0.1) is 13.1 Å². The molecule has 62 heavy (non-hydrogen) atoms. The second kappa shape index (κ2) is 15.1. The lowest BCUT2D eigenvalue weighted by Gasteiger charge is -2.15. The van der Waals surface area contributed by atoms with Crippen molar-refractivity contribution in [3.8, 4) is 101 Å². The average Bonchev–Trinajstić information content (AvgIpc) is 3.69. The van der Waals surface area contributed by atoms with E-state index in [2.05, 4.69) is 113 Å². The molecule has 11 rings (SSSR count). The Labute approximate surface area is 359 Å². The first-order chi connectivity index (χ1) is 30.6. The van der Waals surface area contributed by atoms with Crippen molar-refractivity contribution in [3.05, 3.63) is 223 Å². The SMILES string of the molecule is [C-]#[N+]c1ccc(-c2ccccc2-c2nc(-c3ccccc3)nc(-c3ccccc3-c3ccc(-c4cccc(-c5ccc6cccc7c6c5-c5ccccc5-7)c4)c([N+]#[C-])c3)n2)cc1. The Kier molecular flexibility index (Phi) is 8.85. The molecule has 0 bridgehead atoms. The molecule has 1 heterocycles. The molecule has 0 fully saturated rings. The van der Waals surface area contributed by atoms with Gasteiger partial charge in [0.15, 0.2) is 28.8 Å². The van der Waals surface area contributed by atoms with Crippen molar-refractivity contribution in [1.82, 2.24) is 15.0 Å². The Morgan fingerprint density at radius 3 is 1.52 bits per heavy atom. The quantitative estimate of drug-likeness (QED) is 0.151. The van der Waals surface area contributed by atoms with Gasteiger partial charge in [-0.05, 0) is 89.7 Å². The Morgan fingerprint density at radius 1 is 0.306 bits per heavy atom. The Balaban J connectivity index is 1.01. The molecule has 286 valence electrons. The van der Waals surface area contributed by atoms with Crippen LogP contribution in [-0.2, 0) is 0 Å². The summed E-state index contributed by atoms with van der Waals surface area (Å²) in [4.78, 5) is 23.0. The van der Waals surface area contributed by atoms with E-state index < -0.39 is 0 Å². The minimum absolute atomic E-state index is 0.525. The van der Waals surface area contributed by atoms with Crippen molar-refractivity contribution in [2.75, 3.05) is 0 Å². The van der Waals surface area contributed by atoms with Gasteiger partial charge >= 0.3 is 0 Å². The molecule has 0 spiro atoms. The van der Waals surface area contributed by atoms with E-state index in [-0.39, 0.29) is 0 Å². The van der Waals surface area contributed by atoms with Crippen LogP contribution in [0.1, 0.15) is 0 Å². The molecule has 0 N–H and O–H groups in total. The van der Waals surface area contributed by atoms with Crippen molar-refractivity contribution in [2.24, 2.45) is 0 Å². The van der Waals surface area contributed by atoms with Crippen molar-refractivity contribution < 1.29 is 0 Å². The average molecular weight is 788 g/mol. The van der Waals surface area contributed by atoms with Crippen LogP contribution < -0.4 is 0 Å². The summed E-state index contributed by atoms with van der Waals surface area (Å²) in [7, 11) is 0. The van der Waals surface area contributed by atoms with Gasteiger partial charge in [0, 0.05) is 16.7 Å². The zero-order valence-corrected chi connectivity index (χ0v) is 33.3. The lowest BCUT2D eigenvalue weighted by Crippen LogP contribution is -2.02. The van der Waals surface area contributed by atoms with Gasteiger partial charge in [-0.25, -0.2) is 24.6 Å². The van der Waals surface area contributed by atoms with Gasteiger partial charge in [0.1, 0.15) is 0 Å². The van der Waals surface area contributed by atoms with Crippen LogP contribution in [0.3, 0.4) is 0 Å². The van der Waals surface area contributed by atoms with E-state index >= 15 is 0 Å². The number of nitrogens with zero attached hydrogens (tertiary/aromatic N) is 5. The molecule has 0 aliphatic heterocycles. The Hall–Kier alpha value is -8.77. The second-order valence-corrected chi connectivity index (χ2v) is 15.3. The number of rotatable bonds is 7. The van der Waals surface area contributed by atoms with Crippen molar-refractivity contribution >= 4 is 22.1 Å². The van der Waals surface area contributed by atoms with Crippen LogP contribution in [0.25, 0.3) is 121 Å². The number of benzene rings is 9. The molecular weight excluding hydrogens is 755 g/mol. The largest absolute Gasteiger partial charge is 0.238 e. The summed E-state index contributed by atoms with van der Waals surface area (Å²) in [6.07, 6.45) is 0. The smallest absolute Gasteiger partial charge is 0.195 e. The van der Waals surface area contributed by atoms with Crippen LogP contribution in [0.4, 0.5) is 11.4 Å². The van der Waals surface area contributed by atoms with Crippen molar-refractivity contribution in [3.63, 3.8) is 0 Å². The van der Waals surface area contributed by atoms with E-state index in [1.807, 2.05) is 97.1 Å². The maximum atomic E-state index is 8.41. The van der Waals surface area contributed by atoms with E-state index in [1.165, 1.54) is 38.6 Å². The highest BCUT2D eigenvalue weighted by Crippen LogP contribution is 2.51. The van der Waals surface area contributed by atoms with Crippen LogP contribution >= 0.6 is 0 Å². The van der Waals surface area contributed by atoms with Gasteiger partial charge in [-0.3, -0.25) is 0 Å². The highest BCUT2D eigenvalue weighted by molar-refractivity contribution is 6.19.